The Morgan fingerprint density at radius 3 is 2.56 bits per heavy atom. The predicted octanol–water partition coefficient (Wildman–Crippen LogP) is 6.35. The van der Waals surface area contributed by atoms with Gasteiger partial charge >= 0.3 is 6.18 Å². The van der Waals surface area contributed by atoms with E-state index in [-0.39, 0.29) is 17.8 Å². The summed E-state index contributed by atoms with van der Waals surface area (Å²) in [7, 11) is 0. The summed E-state index contributed by atoms with van der Waals surface area (Å²) in [5.41, 5.74) is 2.70. The lowest BCUT2D eigenvalue weighted by Gasteiger charge is -2.25. The molecule has 1 fully saturated rings. The summed E-state index contributed by atoms with van der Waals surface area (Å²) in [6.45, 7) is 1.82. The fourth-order valence-corrected chi connectivity index (χ4v) is 3.90. The highest BCUT2D eigenvalue weighted by atomic mass is 19.4. The Hall–Kier alpha value is -3.68. The zero-order valence-corrected chi connectivity index (χ0v) is 18.6. The molecule has 0 aliphatic heterocycles. The minimum atomic E-state index is -4.43. The third kappa shape index (κ3) is 6.01. The highest BCUT2D eigenvalue weighted by molar-refractivity contribution is 5.95. The average Bonchev–Trinajstić information content (AvgIpc) is 2.81. The van der Waals surface area contributed by atoms with Crippen LogP contribution in [0.4, 0.5) is 13.2 Å². The molecule has 0 radical (unpaired) electrons. The summed E-state index contributed by atoms with van der Waals surface area (Å²) in [4.78, 5) is 20.4. The minimum absolute atomic E-state index is 0.0928. The molecule has 34 heavy (non-hydrogen) atoms. The number of halogens is 3. The number of nitrogens with one attached hydrogen (secondary N) is 1. The van der Waals surface area contributed by atoms with Crippen molar-refractivity contribution in [2.75, 3.05) is 0 Å². The number of nitrogens with zero attached hydrogens (tertiary/aromatic N) is 2. The van der Waals surface area contributed by atoms with E-state index in [0.29, 0.717) is 17.0 Å². The van der Waals surface area contributed by atoms with E-state index in [2.05, 4.69) is 21.4 Å². The summed E-state index contributed by atoms with van der Waals surface area (Å²) >= 11 is 0. The molecule has 1 aromatic carbocycles. The second-order valence-corrected chi connectivity index (χ2v) is 8.24. The lowest BCUT2D eigenvalue weighted by Crippen LogP contribution is -2.36. The van der Waals surface area contributed by atoms with E-state index in [4.69, 9.17) is 4.74 Å². The van der Waals surface area contributed by atoms with Gasteiger partial charge in [0.1, 0.15) is 5.75 Å². The van der Waals surface area contributed by atoms with Gasteiger partial charge < -0.3 is 10.1 Å². The van der Waals surface area contributed by atoms with Gasteiger partial charge in [-0.1, -0.05) is 23.8 Å². The minimum Gasteiger partial charge on any atom is -0.439 e. The van der Waals surface area contributed by atoms with E-state index >= 15 is 0 Å². The van der Waals surface area contributed by atoms with Crippen LogP contribution in [0.15, 0.2) is 66.5 Å². The fraction of sp³-hybridized carbons (Fsp3) is 0.269. The SMILES string of the molecule is Cc1ncccc1C(=O)NC1CCC(=Cc2cccc(Oc3ccc(C(F)(F)F)cn3)c2)CC1. The number of carbonyl (C=O) groups excluding carboxylic acids is 1. The molecule has 1 aliphatic carbocycles. The van der Waals surface area contributed by atoms with Crippen molar-refractivity contribution in [3.8, 4) is 11.6 Å². The van der Waals surface area contributed by atoms with Crippen molar-refractivity contribution in [2.24, 2.45) is 0 Å². The van der Waals surface area contributed by atoms with E-state index in [0.717, 1.165) is 43.5 Å². The first kappa shape index (κ1) is 23.5. The number of alkyl halides is 3. The number of carbonyl (C=O) groups is 1. The van der Waals surface area contributed by atoms with Crippen LogP contribution in [0.1, 0.15) is 52.9 Å². The first-order valence-electron chi connectivity index (χ1n) is 11.0. The average molecular weight is 467 g/mol. The number of benzene rings is 1. The van der Waals surface area contributed by atoms with Crippen LogP contribution in [0.25, 0.3) is 6.08 Å². The van der Waals surface area contributed by atoms with Crippen LogP contribution in [0.5, 0.6) is 11.6 Å². The monoisotopic (exact) mass is 467 g/mol. The van der Waals surface area contributed by atoms with Gasteiger partial charge in [0.15, 0.2) is 0 Å². The van der Waals surface area contributed by atoms with E-state index in [9.17, 15) is 18.0 Å². The Balaban J connectivity index is 1.34. The van der Waals surface area contributed by atoms with Crippen LogP contribution >= 0.6 is 0 Å². The van der Waals surface area contributed by atoms with Gasteiger partial charge in [0.2, 0.25) is 5.88 Å². The lowest BCUT2D eigenvalue weighted by molar-refractivity contribution is -0.137. The Morgan fingerprint density at radius 1 is 1.09 bits per heavy atom. The van der Waals surface area contributed by atoms with Crippen molar-refractivity contribution in [1.29, 1.82) is 0 Å². The summed E-state index contributed by atoms with van der Waals surface area (Å²) < 4.78 is 43.7. The normalized spacial score (nSPS) is 16.1. The topological polar surface area (TPSA) is 64.1 Å². The summed E-state index contributed by atoms with van der Waals surface area (Å²) in [5, 5.41) is 3.11. The molecule has 8 heteroatoms. The lowest BCUT2D eigenvalue weighted by atomic mass is 9.89. The highest BCUT2D eigenvalue weighted by Gasteiger charge is 2.30. The van der Waals surface area contributed by atoms with E-state index < -0.39 is 11.7 Å². The maximum absolute atomic E-state index is 12.7. The van der Waals surface area contributed by atoms with Gasteiger partial charge in [-0.3, -0.25) is 9.78 Å². The Labute approximate surface area is 195 Å². The van der Waals surface area contributed by atoms with Crippen molar-refractivity contribution >= 4 is 12.0 Å². The van der Waals surface area contributed by atoms with Gasteiger partial charge in [0, 0.05) is 30.2 Å². The molecule has 4 rings (SSSR count). The number of aryl methyl sites for hydroxylation is 1. The maximum atomic E-state index is 12.7. The molecule has 1 saturated carbocycles. The predicted molar refractivity (Wildman–Crippen MR) is 122 cm³/mol. The van der Waals surface area contributed by atoms with Crippen molar-refractivity contribution in [1.82, 2.24) is 15.3 Å². The van der Waals surface area contributed by atoms with Crippen LogP contribution in [0.2, 0.25) is 0 Å². The first-order chi connectivity index (χ1) is 16.3. The van der Waals surface area contributed by atoms with E-state index in [1.807, 2.05) is 25.1 Å². The van der Waals surface area contributed by atoms with Gasteiger partial charge in [-0.05, 0) is 68.5 Å². The third-order valence-corrected chi connectivity index (χ3v) is 5.73. The van der Waals surface area contributed by atoms with Gasteiger partial charge in [0.05, 0.1) is 11.1 Å². The molecule has 3 aromatic rings. The Bertz CT molecular complexity index is 1180. The number of hydrogen-bond acceptors (Lipinski definition) is 4. The molecule has 176 valence electrons. The van der Waals surface area contributed by atoms with Gasteiger partial charge in [-0.2, -0.15) is 13.2 Å². The Morgan fingerprint density at radius 2 is 1.88 bits per heavy atom. The number of pyridine rings is 2. The molecule has 0 saturated heterocycles. The molecular formula is C26H24F3N3O2. The van der Waals surface area contributed by atoms with Gasteiger partial charge in [0.25, 0.3) is 5.91 Å². The maximum Gasteiger partial charge on any atom is 0.417 e. The third-order valence-electron chi connectivity index (χ3n) is 5.73. The molecule has 0 bridgehead atoms. The molecule has 2 aromatic heterocycles. The van der Waals surface area contributed by atoms with E-state index in [1.165, 1.54) is 11.6 Å². The van der Waals surface area contributed by atoms with Crippen LogP contribution in [0.3, 0.4) is 0 Å². The van der Waals surface area contributed by atoms with Crippen molar-refractivity contribution in [3.05, 3.63) is 88.9 Å². The molecule has 0 atom stereocenters. The molecule has 1 amide bonds. The summed E-state index contributed by atoms with van der Waals surface area (Å²) in [6.07, 6.45) is 3.52. The van der Waals surface area contributed by atoms with Crippen LogP contribution < -0.4 is 10.1 Å². The number of allylic oxidation sites excluding steroid dienone is 1. The highest BCUT2D eigenvalue weighted by Crippen LogP contribution is 2.31. The number of ether oxygens (including phenoxy) is 1. The fourth-order valence-electron chi connectivity index (χ4n) is 3.90. The van der Waals surface area contributed by atoms with Crippen LogP contribution in [-0.4, -0.2) is 21.9 Å². The van der Waals surface area contributed by atoms with Crippen molar-refractivity contribution in [3.63, 3.8) is 0 Å². The van der Waals surface area contributed by atoms with Crippen molar-refractivity contribution < 1.29 is 22.7 Å². The standard InChI is InChI=1S/C26H24F3N3O2/c1-17-23(6-3-13-30-17)25(33)32-21-10-7-18(8-11-21)14-19-4-2-5-22(15-19)34-24-12-9-20(16-31-24)26(27,28)29/h2-6,9,12-16,21H,7-8,10-11H2,1H3,(H,32,33). The Kier molecular flexibility index (Phi) is 6.95. The zero-order valence-electron chi connectivity index (χ0n) is 18.6. The molecule has 1 N–H and O–H groups in total. The summed E-state index contributed by atoms with van der Waals surface area (Å²) in [6, 6.07) is 13.1. The van der Waals surface area contributed by atoms with E-state index in [1.54, 1.807) is 24.4 Å². The number of amides is 1. The smallest absolute Gasteiger partial charge is 0.417 e. The summed E-state index contributed by atoms with van der Waals surface area (Å²) in [5.74, 6) is 0.497. The quantitative estimate of drug-likeness (QED) is 0.475. The van der Waals surface area contributed by atoms with Crippen LogP contribution in [-0.2, 0) is 6.18 Å². The number of rotatable bonds is 5. The molecule has 1 aliphatic rings. The number of hydrogen-bond donors (Lipinski definition) is 1. The molecule has 5 nitrogen and oxygen atoms in total. The molecule has 0 spiro atoms. The molecule has 0 unspecified atom stereocenters. The molecule has 2 heterocycles. The second-order valence-electron chi connectivity index (χ2n) is 8.24. The van der Waals surface area contributed by atoms with Gasteiger partial charge in [-0.25, -0.2) is 4.98 Å². The first-order valence-corrected chi connectivity index (χ1v) is 11.0. The largest absolute Gasteiger partial charge is 0.439 e. The molecular weight excluding hydrogens is 443 g/mol. The van der Waals surface area contributed by atoms with Gasteiger partial charge in [-0.15, -0.1) is 0 Å². The zero-order chi connectivity index (χ0) is 24.1. The second kappa shape index (κ2) is 10.1. The van der Waals surface area contributed by atoms with Crippen molar-refractivity contribution in [2.45, 2.75) is 44.8 Å². The van der Waals surface area contributed by atoms with Crippen LogP contribution in [0, 0.1) is 6.92 Å². The number of aromatic nitrogens is 2.